The van der Waals surface area contributed by atoms with Crippen LogP contribution in [0.15, 0.2) is 33.5 Å². The molecule has 25 heavy (non-hydrogen) atoms. The van der Waals surface area contributed by atoms with Gasteiger partial charge in [0.1, 0.15) is 11.3 Å². The third-order valence-corrected chi connectivity index (χ3v) is 5.45. The fraction of sp³-hybridized carbons (Fsp3) is 0.375. The van der Waals surface area contributed by atoms with Gasteiger partial charge in [0.15, 0.2) is 11.2 Å². The Bertz CT molecular complexity index is 974. The topological polar surface area (TPSA) is 97.1 Å². The van der Waals surface area contributed by atoms with Crippen molar-refractivity contribution in [1.29, 1.82) is 0 Å². The lowest BCUT2D eigenvalue weighted by molar-refractivity contribution is 0.0667. The van der Waals surface area contributed by atoms with Crippen LogP contribution in [0.3, 0.4) is 0 Å². The molecule has 1 aromatic carbocycles. The SMILES string of the molecule is COc1ccc2c(=O)cc(C(=O)N3CCN(S(C)(=O)=O)CC3)oc2c1. The van der Waals surface area contributed by atoms with Crippen LogP contribution in [0.5, 0.6) is 5.75 Å². The number of hydrogen-bond acceptors (Lipinski definition) is 6. The summed E-state index contributed by atoms with van der Waals surface area (Å²) in [5.74, 6) is 0.00976. The summed E-state index contributed by atoms with van der Waals surface area (Å²) in [5, 5.41) is 0.360. The van der Waals surface area contributed by atoms with Gasteiger partial charge in [0.05, 0.1) is 18.8 Å². The molecule has 9 heteroatoms. The molecule has 0 atom stereocenters. The first-order valence-corrected chi connectivity index (χ1v) is 9.51. The third kappa shape index (κ3) is 3.52. The molecular weight excluding hydrogens is 348 g/mol. The predicted octanol–water partition coefficient (Wildman–Crippen LogP) is 0.519. The molecule has 0 radical (unpaired) electrons. The minimum absolute atomic E-state index is 0.0708. The van der Waals surface area contributed by atoms with E-state index in [-0.39, 0.29) is 43.0 Å². The van der Waals surface area contributed by atoms with E-state index in [1.54, 1.807) is 18.2 Å². The van der Waals surface area contributed by atoms with Gasteiger partial charge in [0.25, 0.3) is 5.91 Å². The van der Waals surface area contributed by atoms with Gasteiger partial charge in [-0.1, -0.05) is 0 Å². The highest BCUT2D eigenvalue weighted by Gasteiger charge is 2.28. The third-order valence-electron chi connectivity index (χ3n) is 4.14. The van der Waals surface area contributed by atoms with Crippen LogP contribution in [0.1, 0.15) is 10.6 Å². The highest BCUT2D eigenvalue weighted by molar-refractivity contribution is 7.88. The summed E-state index contributed by atoms with van der Waals surface area (Å²) < 4.78 is 35.1. The number of carbonyl (C=O) groups is 1. The summed E-state index contributed by atoms with van der Waals surface area (Å²) in [6.07, 6.45) is 1.14. The fourth-order valence-corrected chi connectivity index (χ4v) is 3.57. The van der Waals surface area contributed by atoms with Gasteiger partial charge in [-0.25, -0.2) is 8.42 Å². The number of methoxy groups -OCH3 is 1. The van der Waals surface area contributed by atoms with Crippen molar-refractivity contribution in [1.82, 2.24) is 9.21 Å². The van der Waals surface area contributed by atoms with Crippen molar-refractivity contribution in [3.8, 4) is 5.75 Å². The molecule has 1 aliphatic rings. The summed E-state index contributed by atoms with van der Waals surface area (Å²) >= 11 is 0. The first-order chi connectivity index (χ1) is 11.8. The molecule has 1 fully saturated rings. The Morgan fingerprint density at radius 2 is 1.84 bits per heavy atom. The molecule has 0 spiro atoms. The van der Waals surface area contributed by atoms with E-state index >= 15 is 0 Å². The number of benzene rings is 1. The van der Waals surface area contributed by atoms with Gasteiger partial charge in [0.2, 0.25) is 10.0 Å². The van der Waals surface area contributed by atoms with Crippen LogP contribution in [-0.4, -0.2) is 63.1 Å². The van der Waals surface area contributed by atoms with Crippen molar-refractivity contribution in [3.05, 3.63) is 40.2 Å². The van der Waals surface area contributed by atoms with Crippen LogP contribution >= 0.6 is 0 Å². The molecule has 0 aliphatic carbocycles. The van der Waals surface area contributed by atoms with Crippen molar-refractivity contribution in [2.45, 2.75) is 0 Å². The van der Waals surface area contributed by atoms with Gasteiger partial charge in [-0.3, -0.25) is 9.59 Å². The van der Waals surface area contributed by atoms with Crippen LogP contribution in [0.2, 0.25) is 0 Å². The zero-order valence-electron chi connectivity index (χ0n) is 13.9. The number of amides is 1. The van der Waals surface area contributed by atoms with Gasteiger partial charge in [0, 0.05) is 38.3 Å². The smallest absolute Gasteiger partial charge is 0.289 e. The first-order valence-electron chi connectivity index (χ1n) is 7.66. The lowest BCUT2D eigenvalue weighted by atomic mass is 10.2. The van der Waals surface area contributed by atoms with Crippen LogP contribution < -0.4 is 10.2 Å². The monoisotopic (exact) mass is 366 g/mol. The molecule has 8 nitrogen and oxygen atoms in total. The van der Waals surface area contributed by atoms with Crippen molar-refractivity contribution in [3.63, 3.8) is 0 Å². The molecule has 0 N–H and O–H groups in total. The molecule has 134 valence electrons. The second-order valence-electron chi connectivity index (χ2n) is 5.79. The Morgan fingerprint density at radius 1 is 1.16 bits per heavy atom. The Balaban J connectivity index is 1.87. The Kier molecular flexibility index (Phi) is 4.53. The summed E-state index contributed by atoms with van der Waals surface area (Å²) in [6, 6.07) is 5.94. The van der Waals surface area contributed by atoms with Crippen molar-refractivity contribution in [2.75, 3.05) is 39.5 Å². The van der Waals surface area contributed by atoms with Gasteiger partial charge in [-0.15, -0.1) is 0 Å². The lowest BCUT2D eigenvalue weighted by Crippen LogP contribution is -2.50. The summed E-state index contributed by atoms with van der Waals surface area (Å²) in [7, 11) is -1.78. The molecule has 0 saturated carbocycles. The quantitative estimate of drug-likeness (QED) is 0.786. The van der Waals surface area contributed by atoms with E-state index in [0.717, 1.165) is 6.26 Å². The van der Waals surface area contributed by atoms with E-state index in [1.165, 1.54) is 22.4 Å². The molecule has 1 amide bonds. The summed E-state index contributed by atoms with van der Waals surface area (Å²) in [4.78, 5) is 26.3. The molecule has 2 aromatic rings. The van der Waals surface area contributed by atoms with Gasteiger partial charge in [-0.05, 0) is 12.1 Å². The number of carbonyl (C=O) groups excluding carboxylic acids is 1. The highest BCUT2D eigenvalue weighted by Crippen LogP contribution is 2.20. The zero-order valence-corrected chi connectivity index (χ0v) is 14.7. The number of fused-ring (bicyclic) bond motifs is 1. The maximum atomic E-state index is 12.6. The number of rotatable bonds is 3. The molecule has 1 aromatic heterocycles. The average molecular weight is 366 g/mol. The number of ether oxygens (including phenoxy) is 1. The largest absolute Gasteiger partial charge is 0.497 e. The van der Waals surface area contributed by atoms with Crippen LogP contribution in [0.4, 0.5) is 0 Å². The molecule has 0 bridgehead atoms. The Labute approximate surface area is 144 Å². The first kappa shape index (κ1) is 17.4. The molecule has 1 saturated heterocycles. The van der Waals surface area contributed by atoms with Gasteiger partial charge >= 0.3 is 0 Å². The lowest BCUT2D eigenvalue weighted by Gasteiger charge is -2.32. The fourth-order valence-electron chi connectivity index (χ4n) is 2.75. The van der Waals surface area contributed by atoms with Crippen molar-refractivity contribution >= 4 is 26.9 Å². The van der Waals surface area contributed by atoms with E-state index in [1.807, 2.05) is 0 Å². The Hall–Kier alpha value is -2.39. The minimum Gasteiger partial charge on any atom is -0.497 e. The van der Waals surface area contributed by atoms with Crippen molar-refractivity contribution in [2.24, 2.45) is 0 Å². The molecule has 3 rings (SSSR count). The van der Waals surface area contributed by atoms with E-state index in [9.17, 15) is 18.0 Å². The van der Waals surface area contributed by atoms with Gasteiger partial charge in [-0.2, -0.15) is 4.31 Å². The standard InChI is InChI=1S/C16H18N2O6S/c1-23-11-3-4-12-13(19)10-15(24-14(12)9-11)16(20)17-5-7-18(8-6-17)25(2,21)22/h3-4,9-10H,5-8H2,1-2H3. The number of piperazine rings is 1. The van der Waals surface area contributed by atoms with E-state index in [4.69, 9.17) is 9.15 Å². The number of hydrogen-bond donors (Lipinski definition) is 0. The summed E-state index contributed by atoms with van der Waals surface area (Å²) in [6.45, 7) is 0.921. The zero-order chi connectivity index (χ0) is 18.2. The van der Waals surface area contributed by atoms with Crippen molar-refractivity contribution < 1.29 is 22.4 Å². The highest BCUT2D eigenvalue weighted by atomic mass is 32.2. The molecular formula is C16H18N2O6S. The van der Waals surface area contributed by atoms with Crippen LogP contribution in [0, 0.1) is 0 Å². The maximum Gasteiger partial charge on any atom is 0.289 e. The molecule has 2 heterocycles. The number of sulfonamides is 1. The molecule has 1 aliphatic heterocycles. The summed E-state index contributed by atoms with van der Waals surface area (Å²) in [5.41, 5.74) is -0.0491. The van der Waals surface area contributed by atoms with Crippen LogP contribution in [0.25, 0.3) is 11.0 Å². The van der Waals surface area contributed by atoms with E-state index in [0.29, 0.717) is 11.1 Å². The number of nitrogens with zero attached hydrogens (tertiary/aromatic N) is 2. The minimum atomic E-state index is -3.27. The Morgan fingerprint density at radius 3 is 2.44 bits per heavy atom. The van der Waals surface area contributed by atoms with E-state index in [2.05, 4.69) is 0 Å². The van der Waals surface area contributed by atoms with Gasteiger partial charge < -0.3 is 14.1 Å². The second-order valence-corrected chi connectivity index (χ2v) is 7.77. The normalized spacial score (nSPS) is 16.2. The second kappa shape index (κ2) is 6.49. The maximum absolute atomic E-state index is 12.6. The molecule has 0 unspecified atom stereocenters. The van der Waals surface area contributed by atoms with E-state index < -0.39 is 15.9 Å². The average Bonchev–Trinajstić information content (AvgIpc) is 2.59. The van der Waals surface area contributed by atoms with Crippen LogP contribution in [-0.2, 0) is 10.0 Å². The predicted molar refractivity (Wildman–Crippen MR) is 91.4 cm³/mol.